The lowest BCUT2D eigenvalue weighted by molar-refractivity contribution is -0.172. The minimum absolute atomic E-state index is 0.154. The molecule has 0 bridgehead atoms. The Morgan fingerprint density at radius 3 is 2.16 bits per heavy atom. The van der Waals surface area contributed by atoms with E-state index in [0.717, 1.165) is 74.5 Å². The number of para-hydroxylation sites is 1. The van der Waals surface area contributed by atoms with Crippen molar-refractivity contribution in [2.75, 3.05) is 19.8 Å². The van der Waals surface area contributed by atoms with Gasteiger partial charge in [0, 0.05) is 25.0 Å². The molecular formula is C36H43NO8. The standard InChI is InChI=1S/C36H43NO8/c38-32(39)25-44-34(36(41)42)33(43-22-12-4-5-13-26-19-20-27-14-7-8-15-28(27)23-26)35(40)37-21-11-3-1-2-6-17-30-24-29-16-9-10-18-31(29)45-30/h7-10,14-16,18-20,23-24,33-34H,1-6,11-13,17,21-22,25H2,(H,37,40)(H,38,39)(H,41,42). The summed E-state index contributed by atoms with van der Waals surface area (Å²) in [6.45, 7) is -0.329. The first-order valence-corrected chi connectivity index (χ1v) is 15.8. The third-order valence-corrected chi connectivity index (χ3v) is 7.76. The molecule has 0 radical (unpaired) electrons. The number of benzene rings is 3. The van der Waals surface area contributed by atoms with Crippen LogP contribution in [-0.2, 0) is 36.7 Å². The van der Waals surface area contributed by atoms with Crippen LogP contribution in [0.1, 0.15) is 62.7 Å². The number of ether oxygens (including phenoxy) is 2. The number of nitrogens with one attached hydrogen (secondary N) is 1. The first-order chi connectivity index (χ1) is 21.9. The van der Waals surface area contributed by atoms with Gasteiger partial charge in [-0.15, -0.1) is 0 Å². The third-order valence-electron chi connectivity index (χ3n) is 7.76. The molecule has 1 heterocycles. The largest absolute Gasteiger partial charge is 0.480 e. The summed E-state index contributed by atoms with van der Waals surface area (Å²) >= 11 is 0. The first-order valence-electron chi connectivity index (χ1n) is 15.8. The van der Waals surface area contributed by atoms with Crippen molar-refractivity contribution in [1.82, 2.24) is 5.32 Å². The summed E-state index contributed by atoms with van der Waals surface area (Å²) in [4.78, 5) is 35.9. The molecule has 4 rings (SSSR count). The zero-order valence-electron chi connectivity index (χ0n) is 25.6. The highest BCUT2D eigenvalue weighted by molar-refractivity contribution is 5.88. The van der Waals surface area contributed by atoms with Gasteiger partial charge in [0.2, 0.25) is 0 Å². The summed E-state index contributed by atoms with van der Waals surface area (Å²) in [5.74, 6) is -2.40. The quantitative estimate of drug-likeness (QED) is 0.0897. The van der Waals surface area contributed by atoms with Crippen LogP contribution in [0.25, 0.3) is 21.7 Å². The second kappa shape index (κ2) is 17.9. The molecule has 0 fully saturated rings. The van der Waals surface area contributed by atoms with Gasteiger partial charge in [0.25, 0.3) is 5.91 Å². The van der Waals surface area contributed by atoms with Gasteiger partial charge in [-0.25, -0.2) is 9.59 Å². The van der Waals surface area contributed by atoms with E-state index in [0.29, 0.717) is 13.0 Å². The number of unbranched alkanes of at least 4 members (excludes halogenated alkanes) is 6. The lowest BCUT2D eigenvalue weighted by Gasteiger charge is -2.23. The summed E-state index contributed by atoms with van der Waals surface area (Å²) in [5, 5.41) is 24.9. The van der Waals surface area contributed by atoms with Gasteiger partial charge in [0.05, 0.1) is 0 Å². The van der Waals surface area contributed by atoms with E-state index in [1.54, 1.807) is 0 Å². The number of rotatable bonds is 21. The highest BCUT2D eigenvalue weighted by Crippen LogP contribution is 2.21. The molecule has 9 nitrogen and oxygen atoms in total. The van der Waals surface area contributed by atoms with Gasteiger partial charge < -0.3 is 29.4 Å². The van der Waals surface area contributed by atoms with Crippen LogP contribution in [0.2, 0.25) is 0 Å². The van der Waals surface area contributed by atoms with Crippen molar-refractivity contribution in [3.63, 3.8) is 0 Å². The van der Waals surface area contributed by atoms with Crippen molar-refractivity contribution in [3.05, 3.63) is 84.1 Å². The number of carbonyl (C=O) groups excluding carboxylic acids is 1. The van der Waals surface area contributed by atoms with Crippen LogP contribution in [0.4, 0.5) is 0 Å². The van der Waals surface area contributed by atoms with E-state index in [1.807, 2.05) is 36.4 Å². The number of hydrogen-bond acceptors (Lipinski definition) is 6. The molecule has 3 N–H and O–H groups in total. The zero-order chi connectivity index (χ0) is 31.9. The summed E-state index contributed by atoms with van der Waals surface area (Å²) in [6, 6.07) is 24.7. The van der Waals surface area contributed by atoms with Crippen molar-refractivity contribution < 1.29 is 38.5 Å². The fourth-order valence-corrected chi connectivity index (χ4v) is 5.39. The smallest absolute Gasteiger partial charge is 0.336 e. The molecule has 0 aliphatic rings. The van der Waals surface area contributed by atoms with Crippen molar-refractivity contribution in [2.24, 2.45) is 0 Å². The molecule has 2 atom stereocenters. The number of aryl methyl sites for hydroxylation is 2. The topological polar surface area (TPSA) is 135 Å². The number of furan rings is 1. The molecule has 0 spiro atoms. The van der Waals surface area contributed by atoms with Crippen LogP contribution in [0.5, 0.6) is 0 Å². The van der Waals surface area contributed by atoms with E-state index >= 15 is 0 Å². The molecule has 2 unspecified atom stereocenters. The minimum atomic E-state index is -1.73. The SMILES string of the molecule is O=C(O)COC(C(=O)O)C(OCCCCCc1ccc2ccccc2c1)C(=O)NCCCCCCCc1cc2ccccc2o1. The summed E-state index contributed by atoms with van der Waals surface area (Å²) in [6.07, 6.45) is 5.61. The molecule has 1 aromatic heterocycles. The fourth-order valence-electron chi connectivity index (χ4n) is 5.39. The monoisotopic (exact) mass is 617 g/mol. The Balaban J connectivity index is 1.15. The van der Waals surface area contributed by atoms with Crippen LogP contribution in [0.3, 0.4) is 0 Å². The molecule has 240 valence electrons. The first kappa shape index (κ1) is 33.7. The summed E-state index contributed by atoms with van der Waals surface area (Å²) < 4.78 is 16.6. The molecule has 45 heavy (non-hydrogen) atoms. The number of carboxylic acids is 2. The Morgan fingerprint density at radius 2 is 1.38 bits per heavy atom. The van der Waals surface area contributed by atoms with Crippen LogP contribution >= 0.6 is 0 Å². The average molecular weight is 618 g/mol. The van der Waals surface area contributed by atoms with Crippen molar-refractivity contribution in [2.45, 2.75) is 76.4 Å². The van der Waals surface area contributed by atoms with Gasteiger partial charge in [-0.3, -0.25) is 4.79 Å². The predicted molar refractivity (Wildman–Crippen MR) is 172 cm³/mol. The molecule has 9 heteroatoms. The van der Waals surface area contributed by atoms with Crippen molar-refractivity contribution in [1.29, 1.82) is 0 Å². The Bertz CT molecular complexity index is 1500. The molecule has 0 aliphatic carbocycles. The molecule has 0 aliphatic heterocycles. The number of fused-ring (bicyclic) bond motifs is 2. The summed E-state index contributed by atoms with van der Waals surface area (Å²) in [7, 11) is 0. The van der Waals surface area contributed by atoms with Crippen molar-refractivity contribution in [3.8, 4) is 0 Å². The van der Waals surface area contributed by atoms with Gasteiger partial charge in [-0.05, 0) is 60.6 Å². The van der Waals surface area contributed by atoms with Crippen LogP contribution in [-0.4, -0.2) is 60.0 Å². The molecule has 0 saturated heterocycles. The Kier molecular flexibility index (Phi) is 13.4. The number of carboxylic acid groups (broad SMARTS) is 2. The minimum Gasteiger partial charge on any atom is -0.480 e. The maximum Gasteiger partial charge on any atom is 0.336 e. The van der Waals surface area contributed by atoms with Crippen LogP contribution < -0.4 is 5.32 Å². The maximum atomic E-state index is 13.0. The maximum absolute atomic E-state index is 13.0. The number of hydrogen-bond donors (Lipinski definition) is 3. The second-order valence-electron chi connectivity index (χ2n) is 11.3. The zero-order valence-corrected chi connectivity index (χ0v) is 25.6. The highest BCUT2D eigenvalue weighted by atomic mass is 16.6. The molecule has 3 aromatic carbocycles. The third kappa shape index (κ3) is 11.0. The van der Waals surface area contributed by atoms with E-state index in [1.165, 1.54) is 16.3 Å². The number of amides is 1. The Hall–Kier alpha value is -4.21. The Morgan fingerprint density at radius 1 is 0.689 bits per heavy atom. The van der Waals surface area contributed by atoms with E-state index in [9.17, 15) is 19.5 Å². The molecule has 1 amide bonds. The van der Waals surface area contributed by atoms with Crippen LogP contribution in [0.15, 0.2) is 77.2 Å². The Labute approximate surface area is 263 Å². The van der Waals surface area contributed by atoms with Gasteiger partial charge in [-0.1, -0.05) is 86.3 Å². The van der Waals surface area contributed by atoms with Gasteiger partial charge >= 0.3 is 11.9 Å². The van der Waals surface area contributed by atoms with E-state index < -0.39 is 36.7 Å². The van der Waals surface area contributed by atoms with Crippen molar-refractivity contribution >= 4 is 39.6 Å². The number of aliphatic carboxylic acids is 2. The normalized spacial score (nSPS) is 12.7. The average Bonchev–Trinajstić information content (AvgIpc) is 3.45. The predicted octanol–water partition coefficient (Wildman–Crippen LogP) is 6.55. The van der Waals surface area contributed by atoms with Crippen LogP contribution in [0, 0.1) is 0 Å². The summed E-state index contributed by atoms with van der Waals surface area (Å²) in [5.41, 5.74) is 2.15. The van der Waals surface area contributed by atoms with E-state index in [4.69, 9.17) is 19.0 Å². The highest BCUT2D eigenvalue weighted by Gasteiger charge is 2.36. The molecule has 0 saturated carbocycles. The van der Waals surface area contributed by atoms with Gasteiger partial charge in [-0.2, -0.15) is 0 Å². The lowest BCUT2D eigenvalue weighted by Crippen LogP contribution is -2.49. The number of carbonyl (C=O) groups is 3. The van der Waals surface area contributed by atoms with Gasteiger partial charge in [0.1, 0.15) is 18.0 Å². The fraction of sp³-hybridized carbons (Fsp3) is 0.417. The lowest BCUT2D eigenvalue weighted by atomic mass is 10.0. The van der Waals surface area contributed by atoms with Gasteiger partial charge in [0.15, 0.2) is 12.2 Å². The van der Waals surface area contributed by atoms with E-state index in [2.05, 4.69) is 41.7 Å². The molecule has 4 aromatic rings. The van der Waals surface area contributed by atoms with E-state index in [-0.39, 0.29) is 6.61 Å². The second-order valence-corrected chi connectivity index (χ2v) is 11.3. The molecular weight excluding hydrogens is 574 g/mol.